The number of rotatable bonds is 5. The molecule has 0 spiro atoms. The van der Waals surface area contributed by atoms with E-state index in [1.807, 2.05) is 31.8 Å². The molecule has 1 aliphatic rings. The second-order valence-electron chi connectivity index (χ2n) is 5.02. The summed E-state index contributed by atoms with van der Waals surface area (Å²) in [6.45, 7) is 11.7. The molecule has 0 unspecified atom stereocenters. The summed E-state index contributed by atoms with van der Waals surface area (Å²) in [6.07, 6.45) is 2.04. The van der Waals surface area contributed by atoms with Crippen molar-refractivity contribution < 1.29 is 4.74 Å². The molecule has 1 aromatic rings. The van der Waals surface area contributed by atoms with Crippen LogP contribution in [0.15, 0.2) is 6.20 Å². The molecule has 1 fully saturated rings. The van der Waals surface area contributed by atoms with Crippen molar-refractivity contribution in [2.75, 3.05) is 26.8 Å². The Kier molecular flexibility index (Phi) is 5.75. The Morgan fingerprint density at radius 2 is 2.11 bits per heavy atom. The van der Waals surface area contributed by atoms with Gasteiger partial charge in [0.05, 0.1) is 25.5 Å². The summed E-state index contributed by atoms with van der Waals surface area (Å²) in [7, 11) is 1.97. The Morgan fingerprint density at radius 3 is 2.50 bits per heavy atom. The predicted octanol–water partition coefficient (Wildman–Crippen LogP) is 1.66. The topological polar surface area (TPSA) is 52.0 Å². The van der Waals surface area contributed by atoms with E-state index < -0.39 is 0 Å². The summed E-state index contributed by atoms with van der Waals surface area (Å²) in [5.74, 6) is 0.437. The molecule has 1 aromatic heterocycles. The summed E-state index contributed by atoms with van der Waals surface area (Å²) in [6, 6.07) is 0. The Balaban J connectivity index is 0.000000771. The van der Waals surface area contributed by atoms with Crippen molar-refractivity contribution in [2.24, 2.45) is 5.41 Å². The summed E-state index contributed by atoms with van der Waals surface area (Å²) >= 11 is 0. The van der Waals surface area contributed by atoms with Gasteiger partial charge in [-0.2, -0.15) is 0 Å². The van der Waals surface area contributed by atoms with E-state index in [-0.39, 0.29) is 5.41 Å². The molecule has 0 atom stereocenters. The Hall–Kier alpha value is -0.940. The molecule has 0 aliphatic carbocycles. The molecule has 18 heavy (non-hydrogen) atoms. The van der Waals surface area contributed by atoms with Gasteiger partial charge in [0.25, 0.3) is 0 Å². The quantitative estimate of drug-likeness (QED) is 0.868. The lowest BCUT2D eigenvalue weighted by atomic mass is 9.86. The highest BCUT2D eigenvalue weighted by molar-refractivity contribution is 4.99. The number of hydrogen-bond acceptors (Lipinski definition) is 4. The van der Waals surface area contributed by atoms with Crippen LogP contribution in [0.2, 0.25) is 0 Å². The Labute approximate surface area is 110 Å². The standard InChI is InChI=1S/C11H20N4O.C2H6/c1-9(2)10-4-15(14-13-10)6-11(5-12-3)7-16-8-11;1-2/h4,9,12H,5-8H2,1-3H3;1-2H3. The van der Waals surface area contributed by atoms with Crippen LogP contribution in [0, 0.1) is 5.41 Å². The first-order valence-electron chi connectivity index (χ1n) is 6.78. The second-order valence-corrected chi connectivity index (χ2v) is 5.02. The zero-order valence-corrected chi connectivity index (χ0v) is 12.2. The van der Waals surface area contributed by atoms with Gasteiger partial charge in [-0.15, -0.1) is 5.10 Å². The molecule has 5 nitrogen and oxygen atoms in total. The van der Waals surface area contributed by atoms with Gasteiger partial charge in [-0.3, -0.25) is 4.68 Å². The van der Waals surface area contributed by atoms with Crippen LogP contribution < -0.4 is 5.32 Å². The Bertz CT molecular complexity index is 345. The van der Waals surface area contributed by atoms with E-state index in [4.69, 9.17) is 4.74 Å². The zero-order chi connectivity index (χ0) is 13.6. The number of nitrogens with zero attached hydrogens (tertiary/aromatic N) is 3. The minimum atomic E-state index is 0.205. The maximum Gasteiger partial charge on any atom is 0.0852 e. The maximum atomic E-state index is 5.32. The summed E-state index contributed by atoms with van der Waals surface area (Å²) < 4.78 is 7.26. The molecule has 1 saturated heterocycles. The summed E-state index contributed by atoms with van der Waals surface area (Å²) in [4.78, 5) is 0. The van der Waals surface area contributed by atoms with E-state index in [0.29, 0.717) is 5.92 Å². The van der Waals surface area contributed by atoms with Gasteiger partial charge in [0.1, 0.15) is 0 Å². The first-order chi connectivity index (χ1) is 8.65. The predicted molar refractivity (Wildman–Crippen MR) is 72.6 cm³/mol. The van der Waals surface area contributed by atoms with Gasteiger partial charge >= 0.3 is 0 Å². The number of nitrogens with one attached hydrogen (secondary N) is 1. The van der Waals surface area contributed by atoms with Gasteiger partial charge in [0, 0.05) is 18.2 Å². The molecule has 0 aromatic carbocycles. The molecule has 2 heterocycles. The van der Waals surface area contributed by atoms with Crippen LogP contribution in [0.4, 0.5) is 0 Å². The largest absolute Gasteiger partial charge is 0.380 e. The van der Waals surface area contributed by atoms with E-state index >= 15 is 0 Å². The fraction of sp³-hybridized carbons (Fsp3) is 0.846. The smallest absolute Gasteiger partial charge is 0.0852 e. The van der Waals surface area contributed by atoms with Gasteiger partial charge in [0.2, 0.25) is 0 Å². The molecule has 104 valence electrons. The molecule has 0 bridgehead atoms. The van der Waals surface area contributed by atoms with Gasteiger partial charge < -0.3 is 10.1 Å². The lowest BCUT2D eigenvalue weighted by Gasteiger charge is -2.41. The van der Waals surface area contributed by atoms with E-state index in [9.17, 15) is 0 Å². The monoisotopic (exact) mass is 254 g/mol. The number of hydrogen-bond donors (Lipinski definition) is 1. The van der Waals surface area contributed by atoms with E-state index in [1.54, 1.807) is 0 Å². The van der Waals surface area contributed by atoms with Crippen molar-refractivity contribution in [3.8, 4) is 0 Å². The first-order valence-corrected chi connectivity index (χ1v) is 6.78. The average Bonchev–Trinajstić information content (AvgIpc) is 2.78. The highest BCUT2D eigenvalue weighted by Crippen LogP contribution is 2.28. The molecule has 1 N–H and O–H groups in total. The lowest BCUT2D eigenvalue weighted by molar-refractivity contribution is -0.120. The van der Waals surface area contributed by atoms with Gasteiger partial charge in [-0.25, -0.2) is 0 Å². The first kappa shape index (κ1) is 15.1. The van der Waals surface area contributed by atoms with Gasteiger partial charge in [-0.05, 0) is 13.0 Å². The van der Waals surface area contributed by atoms with Crippen LogP contribution in [-0.4, -0.2) is 41.8 Å². The van der Waals surface area contributed by atoms with E-state index in [0.717, 1.165) is 32.0 Å². The van der Waals surface area contributed by atoms with Crippen LogP contribution in [0.3, 0.4) is 0 Å². The van der Waals surface area contributed by atoms with Crippen molar-refractivity contribution in [2.45, 2.75) is 40.2 Å². The Morgan fingerprint density at radius 1 is 1.44 bits per heavy atom. The molecule has 0 amide bonds. The van der Waals surface area contributed by atoms with Crippen LogP contribution in [0.25, 0.3) is 0 Å². The van der Waals surface area contributed by atoms with E-state index in [2.05, 4.69) is 29.5 Å². The lowest BCUT2D eigenvalue weighted by Crippen LogP contribution is -2.51. The molecule has 2 rings (SSSR count). The van der Waals surface area contributed by atoms with Crippen molar-refractivity contribution in [3.63, 3.8) is 0 Å². The van der Waals surface area contributed by atoms with Crippen molar-refractivity contribution in [3.05, 3.63) is 11.9 Å². The van der Waals surface area contributed by atoms with Gasteiger partial charge in [0.15, 0.2) is 0 Å². The highest BCUT2D eigenvalue weighted by Gasteiger charge is 2.38. The van der Waals surface area contributed by atoms with Crippen molar-refractivity contribution in [1.82, 2.24) is 20.3 Å². The molecule has 0 saturated carbocycles. The molecular weight excluding hydrogens is 228 g/mol. The number of aromatic nitrogens is 3. The third-order valence-electron chi connectivity index (χ3n) is 3.01. The summed E-state index contributed by atoms with van der Waals surface area (Å²) in [5.41, 5.74) is 1.26. The normalized spacial score (nSPS) is 17.0. The van der Waals surface area contributed by atoms with Crippen LogP contribution >= 0.6 is 0 Å². The fourth-order valence-corrected chi connectivity index (χ4v) is 2.01. The SMILES string of the molecule is CC.CNCC1(Cn2cc(C(C)C)nn2)COC1. The third-order valence-corrected chi connectivity index (χ3v) is 3.01. The van der Waals surface area contributed by atoms with Gasteiger partial charge in [-0.1, -0.05) is 32.9 Å². The molecule has 5 heteroatoms. The van der Waals surface area contributed by atoms with Crippen molar-refractivity contribution in [1.29, 1.82) is 0 Å². The average molecular weight is 254 g/mol. The van der Waals surface area contributed by atoms with Crippen LogP contribution in [0.5, 0.6) is 0 Å². The summed E-state index contributed by atoms with van der Waals surface area (Å²) in [5, 5.41) is 11.6. The van der Waals surface area contributed by atoms with E-state index in [1.165, 1.54) is 0 Å². The number of ether oxygens (including phenoxy) is 1. The zero-order valence-electron chi connectivity index (χ0n) is 12.2. The second kappa shape index (κ2) is 6.85. The van der Waals surface area contributed by atoms with Crippen LogP contribution in [0.1, 0.15) is 39.3 Å². The van der Waals surface area contributed by atoms with Crippen LogP contribution in [-0.2, 0) is 11.3 Å². The van der Waals surface area contributed by atoms with Crippen molar-refractivity contribution >= 4 is 0 Å². The minimum Gasteiger partial charge on any atom is -0.380 e. The molecule has 1 aliphatic heterocycles. The maximum absolute atomic E-state index is 5.32. The molecular formula is C13H26N4O. The molecule has 0 radical (unpaired) electrons. The third kappa shape index (κ3) is 3.53. The minimum absolute atomic E-state index is 0.205. The fourth-order valence-electron chi connectivity index (χ4n) is 2.01. The highest BCUT2D eigenvalue weighted by atomic mass is 16.5.